The second-order valence-electron chi connectivity index (χ2n) is 9.14. The van der Waals surface area contributed by atoms with Crippen LogP contribution in [0.4, 0.5) is 11.4 Å². The van der Waals surface area contributed by atoms with Gasteiger partial charge in [0.2, 0.25) is 5.91 Å². The van der Waals surface area contributed by atoms with Gasteiger partial charge in [-0.05, 0) is 60.6 Å². The molecule has 38 heavy (non-hydrogen) atoms. The fourth-order valence-electron chi connectivity index (χ4n) is 3.85. The summed E-state index contributed by atoms with van der Waals surface area (Å²) >= 11 is 0.755. The summed E-state index contributed by atoms with van der Waals surface area (Å²) in [5.41, 5.74) is 13.1. The first-order valence-electron chi connectivity index (χ1n) is 12.0. The lowest BCUT2D eigenvalue weighted by Crippen LogP contribution is -2.44. The minimum atomic E-state index is -1.12. The first kappa shape index (κ1) is 28.5. The number of hydrogen-bond donors (Lipinski definition) is 3. The highest BCUT2D eigenvalue weighted by Crippen LogP contribution is 2.36. The third kappa shape index (κ3) is 6.23. The molecule has 0 aliphatic carbocycles. The van der Waals surface area contributed by atoms with Crippen LogP contribution in [0, 0.1) is 12.8 Å². The fraction of sp³-hybridized carbons (Fsp3) is 0.333. The average Bonchev–Trinajstić information content (AvgIpc) is 3.28. The maximum atomic E-state index is 14.1. The van der Waals surface area contributed by atoms with E-state index in [0.29, 0.717) is 35.2 Å². The summed E-state index contributed by atoms with van der Waals surface area (Å²) < 4.78 is 14.8. The van der Waals surface area contributed by atoms with Crippen molar-refractivity contribution in [2.24, 2.45) is 11.7 Å². The van der Waals surface area contributed by atoms with Gasteiger partial charge in [-0.15, -0.1) is 0 Å². The summed E-state index contributed by atoms with van der Waals surface area (Å²) in [7, 11) is 3.00. The van der Waals surface area contributed by atoms with Crippen LogP contribution in [-0.2, 0) is 4.79 Å². The van der Waals surface area contributed by atoms with E-state index in [2.05, 4.69) is 23.5 Å². The predicted octanol–water partition coefficient (Wildman–Crippen LogP) is 3.70. The van der Waals surface area contributed by atoms with Gasteiger partial charge in [0.1, 0.15) is 10.9 Å². The maximum Gasteiger partial charge on any atom is 0.273 e. The summed E-state index contributed by atoms with van der Waals surface area (Å²) in [5.74, 6) is -0.604. The van der Waals surface area contributed by atoms with Gasteiger partial charge in [-0.2, -0.15) is 4.37 Å². The monoisotopic (exact) mass is 539 g/mol. The number of anilines is 2. The van der Waals surface area contributed by atoms with Crippen LogP contribution < -0.4 is 31.2 Å². The van der Waals surface area contributed by atoms with Crippen molar-refractivity contribution in [3.8, 4) is 11.5 Å². The largest absolute Gasteiger partial charge is 0.493 e. The number of carbonyl (C=O) groups is 3. The van der Waals surface area contributed by atoms with Crippen LogP contribution in [-0.4, -0.2) is 42.9 Å². The number of hydrogen-bond acceptors (Lipinski definition) is 8. The zero-order valence-corrected chi connectivity index (χ0v) is 22.9. The van der Waals surface area contributed by atoms with E-state index in [1.54, 1.807) is 30.3 Å². The Kier molecular flexibility index (Phi) is 9.30. The quantitative estimate of drug-likeness (QED) is 0.336. The molecular formula is C27H33N5O5S. The number of nitrogens with zero attached hydrogens (tertiary/aromatic N) is 2. The molecule has 0 spiro atoms. The lowest BCUT2D eigenvalue weighted by atomic mass is 10.0. The number of benzene rings is 2. The number of methoxy groups -OCH3 is 2. The van der Waals surface area contributed by atoms with Gasteiger partial charge < -0.3 is 26.3 Å². The van der Waals surface area contributed by atoms with Gasteiger partial charge in [-0.3, -0.25) is 19.3 Å². The number of aryl methyl sites for hydroxylation is 1. The van der Waals surface area contributed by atoms with Crippen LogP contribution in [0.1, 0.15) is 57.6 Å². The number of rotatable bonds is 11. The third-order valence-electron chi connectivity index (χ3n) is 5.94. The molecule has 1 aromatic heterocycles. The van der Waals surface area contributed by atoms with E-state index < -0.39 is 23.8 Å². The standard InChI is InChI=1S/C27H33N5O5S/c1-15(2)12-13-30-26(34)23(17-8-11-19(36-4)20(14-17)37-5)32(18-9-6-16(3)7-10-18)27(35)24-21(28)22(25(29)33)31-38-24/h6-11,14-15,23H,12-13,28H2,1-5H3,(H2,29,33)(H,30,34)/t23-/m1/s1. The fourth-order valence-corrected chi connectivity index (χ4v) is 4.59. The molecule has 1 atom stereocenters. The molecule has 0 aliphatic heterocycles. The zero-order valence-electron chi connectivity index (χ0n) is 22.1. The Morgan fingerprint density at radius 3 is 2.26 bits per heavy atom. The van der Waals surface area contributed by atoms with Crippen molar-refractivity contribution in [2.45, 2.75) is 33.2 Å². The van der Waals surface area contributed by atoms with E-state index in [9.17, 15) is 14.4 Å². The van der Waals surface area contributed by atoms with E-state index in [1.807, 2.05) is 19.1 Å². The van der Waals surface area contributed by atoms with Crippen molar-refractivity contribution in [3.05, 3.63) is 64.2 Å². The molecule has 2 aromatic carbocycles. The molecule has 1 heterocycles. The van der Waals surface area contributed by atoms with E-state index in [4.69, 9.17) is 20.9 Å². The maximum absolute atomic E-state index is 14.1. The summed E-state index contributed by atoms with van der Waals surface area (Å²) in [5, 5.41) is 2.96. The molecule has 0 saturated carbocycles. The Morgan fingerprint density at radius 1 is 1.05 bits per heavy atom. The van der Waals surface area contributed by atoms with Crippen molar-refractivity contribution in [3.63, 3.8) is 0 Å². The number of ether oxygens (including phenoxy) is 2. The highest BCUT2D eigenvalue weighted by molar-refractivity contribution is 7.09. The molecule has 0 saturated heterocycles. The van der Waals surface area contributed by atoms with Crippen LogP contribution >= 0.6 is 11.5 Å². The number of primary amides is 1. The van der Waals surface area contributed by atoms with Crippen LogP contribution in [0.15, 0.2) is 42.5 Å². The average molecular weight is 540 g/mol. The summed E-state index contributed by atoms with van der Waals surface area (Å²) in [6.45, 7) is 6.46. The number of amides is 3. The first-order chi connectivity index (χ1) is 18.1. The van der Waals surface area contributed by atoms with Gasteiger partial charge in [0, 0.05) is 12.2 Å². The number of carbonyl (C=O) groups excluding carboxylic acids is 3. The Balaban J connectivity index is 2.21. The Bertz CT molecular complexity index is 1310. The molecule has 0 aliphatic rings. The van der Waals surface area contributed by atoms with Crippen molar-refractivity contribution in [1.29, 1.82) is 0 Å². The molecule has 11 heteroatoms. The Hall–Kier alpha value is -4.12. The number of nitrogens with two attached hydrogens (primary N) is 2. The third-order valence-corrected chi connectivity index (χ3v) is 6.79. The lowest BCUT2D eigenvalue weighted by molar-refractivity contribution is -0.122. The van der Waals surface area contributed by atoms with Gasteiger partial charge in [-0.1, -0.05) is 37.6 Å². The van der Waals surface area contributed by atoms with Crippen molar-refractivity contribution >= 4 is 40.6 Å². The molecule has 0 unspecified atom stereocenters. The van der Waals surface area contributed by atoms with E-state index >= 15 is 0 Å². The highest BCUT2D eigenvalue weighted by Gasteiger charge is 2.36. The molecule has 0 bridgehead atoms. The van der Waals surface area contributed by atoms with Crippen LogP contribution in [0.3, 0.4) is 0 Å². The minimum absolute atomic E-state index is 0.000155. The molecule has 202 valence electrons. The minimum Gasteiger partial charge on any atom is -0.493 e. The van der Waals surface area contributed by atoms with Crippen molar-refractivity contribution < 1.29 is 23.9 Å². The van der Waals surface area contributed by atoms with Crippen LogP contribution in [0.2, 0.25) is 0 Å². The smallest absolute Gasteiger partial charge is 0.273 e. The molecule has 0 radical (unpaired) electrons. The van der Waals surface area contributed by atoms with Crippen molar-refractivity contribution in [2.75, 3.05) is 31.4 Å². The van der Waals surface area contributed by atoms with Crippen molar-refractivity contribution in [1.82, 2.24) is 9.69 Å². The molecule has 3 aromatic rings. The molecule has 5 N–H and O–H groups in total. The Morgan fingerprint density at radius 2 is 1.71 bits per heavy atom. The van der Waals surface area contributed by atoms with E-state index in [1.165, 1.54) is 19.1 Å². The molecule has 3 amide bonds. The molecule has 0 fully saturated rings. The summed E-state index contributed by atoms with van der Waals surface area (Å²) in [6.07, 6.45) is 0.757. The van der Waals surface area contributed by atoms with E-state index in [0.717, 1.165) is 23.5 Å². The second-order valence-corrected chi connectivity index (χ2v) is 9.91. The molecular weight excluding hydrogens is 506 g/mol. The van der Waals surface area contributed by atoms with Gasteiger partial charge in [-0.25, -0.2) is 0 Å². The zero-order chi connectivity index (χ0) is 28.0. The SMILES string of the molecule is COc1ccc([C@H](C(=O)NCCC(C)C)N(C(=O)c2snc(C(N)=O)c2N)c2ccc(C)cc2)cc1OC. The van der Waals surface area contributed by atoms with Crippen LogP contribution in [0.25, 0.3) is 0 Å². The summed E-state index contributed by atoms with van der Waals surface area (Å²) in [6, 6.07) is 11.1. The van der Waals surface area contributed by atoms with Gasteiger partial charge in [0.05, 0.1) is 19.9 Å². The lowest BCUT2D eigenvalue weighted by Gasteiger charge is -2.31. The predicted molar refractivity (Wildman–Crippen MR) is 148 cm³/mol. The second kappa shape index (κ2) is 12.4. The molecule has 10 nitrogen and oxygen atoms in total. The number of aromatic nitrogens is 1. The first-order valence-corrected chi connectivity index (χ1v) is 12.8. The highest BCUT2D eigenvalue weighted by atomic mass is 32.1. The Labute approximate surface area is 226 Å². The van der Waals surface area contributed by atoms with Gasteiger partial charge in [0.15, 0.2) is 17.2 Å². The number of nitrogen functional groups attached to an aromatic ring is 1. The topological polar surface area (TPSA) is 150 Å². The molecule has 3 rings (SSSR count). The van der Waals surface area contributed by atoms with Crippen LogP contribution in [0.5, 0.6) is 11.5 Å². The number of nitrogens with one attached hydrogen (secondary N) is 1. The summed E-state index contributed by atoms with van der Waals surface area (Å²) in [4.78, 5) is 41.0. The normalized spacial score (nSPS) is 11.6. The van der Waals surface area contributed by atoms with Gasteiger partial charge >= 0.3 is 0 Å². The van der Waals surface area contributed by atoms with E-state index in [-0.39, 0.29) is 16.3 Å². The van der Waals surface area contributed by atoms with Gasteiger partial charge in [0.25, 0.3) is 11.8 Å².